The standard InChI is InChI=1S/C17H16N2O4/c1-12-3-5-13(6-4-12)16(20)9-10-18-15-11-14(19(21)22)7-8-17(15)23-2/h3-11,18H,1-2H3/b10-9-. The summed E-state index contributed by atoms with van der Waals surface area (Å²) in [7, 11) is 1.47. The number of methoxy groups -OCH3 is 1. The van der Waals surface area contributed by atoms with Crippen molar-refractivity contribution in [2.45, 2.75) is 6.92 Å². The predicted octanol–water partition coefficient (Wildman–Crippen LogP) is 3.72. The molecule has 2 rings (SSSR count). The zero-order valence-electron chi connectivity index (χ0n) is 12.8. The minimum absolute atomic E-state index is 0.0634. The molecule has 23 heavy (non-hydrogen) atoms. The summed E-state index contributed by atoms with van der Waals surface area (Å²) >= 11 is 0. The molecule has 0 aliphatic carbocycles. The van der Waals surface area contributed by atoms with Gasteiger partial charge in [0.25, 0.3) is 5.69 Å². The molecule has 6 nitrogen and oxygen atoms in total. The van der Waals surface area contributed by atoms with Crippen LogP contribution in [0.25, 0.3) is 0 Å². The minimum atomic E-state index is -0.494. The number of ether oxygens (including phenoxy) is 1. The maximum atomic E-state index is 12.0. The highest BCUT2D eigenvalue weighted by Gasteiger charge is 2.10. The molecule has 0 heterocycles. The van der Waals surface area contributed by atoms with E-state index in [4.69, 9.17) is 4.74 Å². The van der Waals surface area contributed by atoms with E-state index < -0.39 is 4.92 Å². The normalized spacial score (nSPS) is 10.5. The van der Waals surface area contributed by atoms with E-state index in [0.29, 0.717) is 17.0 Å². The first kappa shape index (κ1) is 16.2. The summed E-state index contributed by atoms with van der Waals surface area (Å²) in [6.07, 6.45) is 2.80. The molecule has 0 unspecified atom stereocenters. The first-order chi connectivity index (χ1) is 11.0. The number of aryl methyl sites for hydroxylation is 1. The number of ketones is 1. The van der Waals surface area contributed by atoms with E-state index in [1.165, 1.54) is 37.6 Å². The van der Waals surface area contributed by atoms with Crippen LogP contribution in [0.1, 0.15) is 15.9 Å². The largest absolute Gasteiger partial charge is 0.495 e. The van der Waals surface area contributed by atoms with Crippen LogP contribution >= 0.6 is 0 Å². The van der Waals surface area contributed by atoms with Gasteiger partial charge in [0.05, 0.1) is 17.7 Å². The lowest BCUT2D eigenvalue weighted by atomic mass is 10.1. The second-order valence-corrected chi connectivity index (χ2v) is 4.85. The van der Waals surface area contributed by atoms with Gasteiger partial charge in [-0.05, 0) is 13.0 Å². The van der Waals surface area contributed by atoms with Crippen molar-refractivity contribution in [2.24, 2.45) is 0 Å². The molecule has 0 aliphatic heterocycles. The lowest BCUT2D eigenvalue weighted by Crippen LogP contribution is -1.98. The maximum Gasteiger partial charge on any atom is 0.271 e. The Morgan fingerprint density at radius 2 is 1.91 bits per heavy atom. The van der Waals surface area contributed by atoms with Gasteiger partial charge in [-0.3, -0.25) is 14.9 Å². The van der Waals surface area contributed by atoms with E-state index in [-0.39, 0.29) is 11.5 Å². The molecule has 6 heteroatoms. The fourth-order valence-electron chi connectivity index (χ4n) is 1.94. The summed E-state index contributed by atoms with van der Waals surface area (Å²) in [6, 6.07) is 11.4. The number of carbonyl (C=O) groups excluding carboxylic acids is 1. The van der Waals surface area contributed by atoms with E-state index in [1.807, 2.05) is 19.1 Å². The average molecular weight is 312 g/mol. The van der Waals surface area contributed by atoms with Gasteiger partial charge in [-0.15, -0.1) is 0 Å². The second-order valence-electron chi connectivity index (χ2n) is 4.85. The number of hydrogen-bond acceptors (Lipinski definition) is 5. The fraction of sp³-hybridized carbons (Fsp3) is 0.118. The smallest absolute Gasteiger partial charge is 0.271 e. The van der Waals surface area contributed by atoms with Crippen molar-refractivity contribution in [1.29, 1.82) is 0 Å². The van der Waals surface area contributed by atoms with Gasteiger partial charge in [0.1, 0.15) is 5.75 Å². The molecule has 118 valence electrons. The molecule has 2 aromatic carbocycles. The summed E-state index contributed by atoms with van der Waals surface area (Å²) in [5.74, 6) is 0.282. The number of allylic oxidation sites excluding steroid dienone is 1. The average Bonchev–Trinajstić information content (AvgIpc) is 2.55. The first-order valence-electron chi connectivity index (χ1n) is 6.88. The molecular formula is C17H16N2O4. The number of nitro benzene ring substituents is 1. The molecule has 0 atom stereocenters. The van der Waals surface area contributed by atoms with E-state index >= 15 is 0 Å². The Morgan fingerprint density at radius 1 is 1.22 bits per heavy atom. The number of nitrogens with one attached hydrogen (secondary N) is 1. The Balaban J connectivity index is 2.13. The van der Waals surface area contributed by atoms with Crippen molar-refractivity contribution in [3.63, 3.8) is 0 Å². The highest BCUT2D eigenvalue weighted by Crippen LogP contribution is 2.28. The van der Waals surface area contributed by atoms with Crippen LogP contribution in [0.2, 0.25) is 0 Å². The maximum absolute atomic E-state index is 12.0. The highest BCUT2D eigenvalue weighted by molar-refractivity contribution is 6.04. The van der Waals surface area contributed by atoms with Crippen LogP contribution in [0, 0.1) is 17.0 Å². The number of nitro groups is 1. The van der Waals surface area contributed by atoms with Gasteiger partial charge in [0, 0.05) is 30.0 Å². The Kier molecular flexibility index (Phi) is 5.09. The molecule has 0 aliphatic rings. The topological polar surface area (TPSA) is 81.5 Å². The Morgan fingerprint density at radius 3 is 2.52 bits per heavy atom. The number of non-ortho nitro benzene ring substituents is 1. The number of anilines is 1. The summed E-state index contributed by atoms with van der Waals surface area (Å²) < 4.78 is 5.13. The summed E-state index contributed by atoms with van der Waals surface area (Å²) in [4.78, 5) is 22.3. The van der Waals surface area contributed by atoms with Crippen LogP contribution in [0.4, 0.5) is 11.4 Å². The fourth-order valence-corrected chi connectivity index (χ4v) is 1.94. The van der Waals surface area contributed by atoms with Crippen LogP contribution in [-0.2, 0) is 0 Å². The molecule has 0 aromatic heterocycles. The van der Waals surface area contributed by atoms with Gasteiger partial charge >= 0.3 is 0 Å². The van der Waals surface area contributed by atoms with Crippen LogP contribution in [-0.4, -0.2) is 17.8 Å². The predicted molar refractivity (Wildman–Crippen MR) is 87.9 cm³/mol. The highest BCUT2D eigenvalue weighted by atomic mass is 16.6. The van der Waals surface area contributed by atoms with Gasteiger partial charge in [-0.1, -0.05) is 29.8 Å². The van der Waals surface area contributed by atoms with E-state index in [2.05, 4.69) is 5.32 Å². The quantitative estimate of drug-likeness (QED) is 0.380. The summed E-state index contributed by atoms with van der Waals surface area (Å²) in [6.45, 7) is 1.94. The lowest BCUT2D eigenvalue weighted by molar-refractivity contribution is -0.384. The molecule has 0 bridgehead atoms. The minimum Gasteiger partial charge on any atom is -0.495 e. The van der Waals surface area contributed by atoms with Crippen LogP contribution in [0.15, 0.2) is 54.7 Å². The first-order valence-corrected chi connectivity index (χ1v) is 6.88. The molecule has 0 saturated carbocycles. The van der Waals surface area contributed by atoms with Gasteiger partial charge in [0.15, 0.2) is 5.78 Å². The molecular weight excluding hydrogens is 296 g/mol. The lowest BCUT2D eigenvalue weighted by Gasteiger charge is -2.07. The van der Waals surface area contributed by atoms with Crippen LogP contribution in [0.5, 0.6) is 5.75 Å². The Bertz CT molecular complexity index is 752. The molecule has 1 N–H and O–H groups in total. The molecule has 0 saturated heterocycles. The molecule has 0 radical (unpaired) electrons. The molecule has 0 fully saturated rings. The number of hydrogen-bond donors (Lipinski definition) is 1. The van der Waals surface area contributed by atoms with Gasteiger partial charge in [0.2, 0.25) is 0 Å². The van der Waals surface area contributed by atoms with E-state index in [9.17, 15) is 14.9 Å². The van der Waals surface area contributed by atoms with Crippen LogP contribution < -0.4 is 10.1 Å². The van der Waals surface area contributed by atoms with Gasteiger partial charge in [-0.25, -0.2) is 0 Å². The van der Waals surface area contributed by atoms with E-state index in [0.717, 1.165) is 5.56 Å². The van der Waals surface area contributed by atoms with Crippen molar-refractivity contribution in [3.05, 3.63) is 76.0 Å². The number of rotatable bonds is 6. The van der Waals surface area contributed by atoms with E-state index in [1.54, 1.807) is 12.1 Å². The molecule has 2 aromatic rings. The Hall–Kier alpha value is -3.15. The zero-order chi connectivity index (χ0) is 16.8. The monoisotopic (exact) mass is 312 g/mol. The molecule has 0 spiro atoms. The molecule has 0 amide bonds. The van der Waals surface area contributed by atoms with Crippen molar-refractivity contribution >= 4 is 17.2 Å². The van der Waals surface area contributed by atoms with Crippen molar-refractivity contribution in [2.75, 3.05) is 12.4 Å². The Labute approximate surface area is 133 Å². The third-order valence-corrected chi connectivity index (χ3v) is 3.20. The summed E-state index contributed by atoms with van der Waals surface area (Å²) in [5.41, 5.74) is 1.99. The SMILES string of the molecule is COc1ccc([N+](=O)[O-])cc1N/C=C\C(=O)c1ccc(C)cc1. The number of nitrogens with zero attached hydrogens (tertiary/aromatic N) is 1. The summed E-state index contributed by atoms with van der Waals surface area (Å²) in [5, 5.41) is 13.7. The van der Waals surface area contributed by atoms with Gasteiger partial charge < -0.3 is 10.1 Å². The third-order valence-electron chi connectivity index (χ3n) is 3.20. The van der Waals surface area contributed by atoms with Crippen LogP contribution in [0.3, 0.4) is 0 Å². The second kappa shape index (κ2) is 7.22. The number of carbonyl (C=O) groups is 1. The third kappa shape index (κ3) is 4.16. The zero-order valence-corrected chi connectivity index (χ0v) is 12.8. The van der Waals surface area contributed by atoms with Gasteiger partial charge in [-0.2, -0.15) is 0 Å². The number of benzene rings is 2. The van der Waals surface area contributed by atoms with Crippen molar-refractivity contribution in [1.82, 2.24) is 0 Å². The van der Waals surface area contributed by atoms with Crippen molar-refractivity contribution in [3.8, 4) is 5.75 Å². The van der Waals surface area contributed by atoms with Crippen molar-refractivity contribution < 1.29 is 14.5 Å².